The van der Waals surface area contributed by atoms with E-state index in [9.17, 15) is 9.90 Å². The predicted molar refractivity (Wildman–Crippen MR) is 54.7 cm³/mol. The first-order valence-corrected chi connectivity index (χ1v) is 5.23. The van der Waals surface area contributed by atoms with Gasteiger partial charge in [-0.25, -0.2) is 0 Å². The Kier molecular flexibility index (Phi) is 5.01. The van der Waals surface area contributed by atoms with Crippen molar-refractivity contribution in [3.05, 3.63) is 0 Å². The van der Waals surface area contributed by atoms with Crippen LogP contribution in [0.4, 0.5) is 0 Å². The zero-order chi connectivity index (χ0) is 11.3. The number of hydrogen-bond acceptors (Lipinski definition) is 4. The van der Waals surface area contributed by atoms with Gasteiger partial charge in [-0.3, -0.25) is 4.79 Å². The highest BCUT2D eigenvalue weighted by atomic mass is 16.5. The van der Waals surface area contributed by atoms with Crippen LogP contribution in [0, 0.1) is 5.92 Å². The number of carboxylic acids is 1. The van der Waals surface area contributed by atoms with Crippen LogP contribution in [0.2, 0.25) is 0 Å². The summed E-state index contributed by atoms with van der Waals surface area (Å²) in [5, 5.41) is 18.1. The largest absolute Gasteiger partial charge is 0.481 e. The fraction of sp³-hybridized carbons (Fsp3) is 0.900. The summed E-state index contributed by atoms with van der Waals surface area (Å²) in [5.41, 5.74) is 0. The lowest BCUT2D eigenvalue weighted by atomic mass is 10.1. The molecule has 0 spiro atoms. The van der Waals surface area contributed by atoms with Crippen molar-refractivity contribution in [2.75, 3.05) is 33.4 Å². The zero-order valence-electron chi connectivity index (χ0n) is 9.06. The standard InChI is InChI=1S/C10H19NO4/c1-15-7-9(12)6-11-3-2-8(5-11)4-10(13)14/h8-9,12H,2-7H2,1H3,(H,13,14). The minimum atomic E-state index is -0.737. The number of methoxy groups -OCH3 is 1. The third-order valence-electron chi connectivity index (χ3n) is 2.66. The molecule has 0 radical (unpaired) electrons. The molecule has 5 heteroatoms. The molecule has 0 saturated carbocycles. The number of β-amino-alcohol motifs (C(OH)–C–C–N with tert-alkyl or cyclic N) is 1. The third kappa shape index (κ3) is 4.59. The van der Waals surface area contributed by atoms with Gasteiger partial charge in [-0.05, 0) is 18.9 Å². The predicted octanol–water partition coefficient (Wildman–Crippen LogP) is -0.210. The number of carbonyl (C=O) groups is 1. The number of rotatable bonds is 6. The summed E-state index contributed by atoms with van der Waals surface area (Å²) in [7, 11) is 1.56. The molecule has 0 aromatic rings. The Morgan fingerprint density at radius 3 is 3.00 bits per heavy atom. The lowest BCUT2D eigenvalue weighted by Gasteiger charge is -2.19. The van der Waals surface area contributed by atoms with E-state index in [2.05, 4.69) is 4.90 Å². The molecule has 88 valence electrons. The van der Waals surface area contributed by atoms with Gasteiger partial charge >= 0.3 is 5.97 Å². The Bertz CT molecular complexity index is 210. The van der Waals surface area contributed by atoms with E-state index in [1.54, 1.807) is 7.11 Å². The minimum Gasteiger partial charge on any atom is -0.481 e. The summed E-state index contributed by atoms with van der Waals surface area (Å²) < 4.78 is 4.83. The summed E-state index contributed by atoms with van der Waals surface area (Å²) in [6.45, 7) is 2.55. The SMILES string of the molecule is COCC(O)CN1CCC(CC(=O)O)C1. The van der Waals surface area contributed by atoms with Gasteiger partial charge in [0.05, 0.1) is 12.7 Å². The van der Waals surface area contributed by atoms with Crippen LogP contribution >= 0.6 is 0 Å². The van der Waals surface area contributed by atoms with Gasteiger partial charge in [-0.15, -0.1) is 0 Å². The van der Waals surface area contributed by atoms with E-state index in [1.807, 2.05) is 0 Å². The molecule has 1 saturated heterocycles. The first kappa shape index (κ1) is 12.4. The van der Waals surface area contributed by atoms with Crippen LogP contribution in [0.25, 0.3) is 0 Å². The molecule has 0 aromatic heterocycles. The molecule has 1 aliphatic heterocycles. The second-order valence-corrected chi connectivity index (χ2v) is 4.12. The number of ether oxygens (including phenoxy) is 1. The monoisotopic (exact) mass is 217 g/mol. The Morgan fingerprint density at radius 1 is 1.67 bits per heavy atom. The van der Waals surface area contributed by atoms with Gasteiger partial charge in [-0.2, -0.15) is 0 Å². The Hall–Kier alpha value is -0.650. The molecule has 1 aliphatic rings. The molecule has 1 fully saturated rings. The summed E-state index contributed by atoms with van der Waals surface area (Å²) in [6, 6.07) is 0. The van der Waals surface area contributed by atoms with Crippen LogP contribution < -0.4 is 0 Å². The number of nitrogens with zero attached hydrogens (tertiary/aromatic N) is 1. The van der Waals surface area contributed by atoms with Gasteiger partial charge in [-0.1, -0.05) is 0 Å². The number of aliphatic hydroxyl groups is 1. The van der Waals surface area contributed by atoms with Gasteiger partial charge in [0.15, 0.2) is 0 Å². The molecule has 0 amide bonds. The van der Waals surface area contributed by atoms with E-state index < -0.39 is 12.1 Å². The first-order chi connectivity index (χ1) is 7.11. The summed E-state index contributed by atoms with van der Waals surface area (Å²) >= 11 is 0. The highest BCUT2D eigenvalue weighted by Gasteiger charge is 2.25. The molecular weight excluding hydrogens is 198 g/mol. The summed E-state index contributed by atoms with van der Waals surface area (Å²) in [4.78, 5) is 12.6. The van der Waals surface area contributed by atoms with Gasteiger partial charge in [0.1, 0.15) is 0 Å². The lowest BCUT2D eigenvalue weighted by Crippen LogP contribution is -2.33. The first-order valence-electron chi connectivity index (χ1n) is 5.23. The second-order valence-electron chi connectivity index (χ2n) is 4.12. The highest BCUT2D eigenvalue weighted by molar-refractivity contribution is 5.67. The Labute approximate surface area is 89.6 Å². The Morgan fingerprint density at radius 2 is 2.40 bits per heavy atom. The van der Waals surface area contributed by atoms with Crippen LogP contribution in [0.3, 0.4) is 0 Å². The van der Waals surface area contributed by atoms with Crippen molar-refractivity contribution >= 4 is 5.97 Å². The van der Waals surface area contributed by atoms with Gasteiger partial charge < -0.3 is 19.8 Å². The van der Waals surface area contributed by atoms with Gasteiger partial charge in [0, 0.05) is 26.6 Å². The smallest absolute Gasteiger partial charge is 0.303 e. The molecule has 0 bridgehead atoms. The van der Waals surface area contributed by atoms with Crippen LogP contribution in [0.15, 0.2) is 0 Å². The maximum Gasteiger partial charge on any atom is 0.303 e. The van der Waals surface area contributed by atoms with E-state index in [-0.39, 0.29) is 12.3 Å². The van der Waals surface area contributed by atoms with E-state index >= 15 is 0 Å². The van der Waals surface area contributed by atoms with Gasteiger partial charge in [0.25, 0.3) is 0 Å². The molecule has 0 aromatic carbocycles. The lowest BCUT2D eigenvalue weighted by molar-refractivity contribution is -0.138. The highest BCUT2D eigenvalue weighted by Crippen LogP contribution is 2.19. The van der Waals surface area contributed by atoms with E-state index in [4.69, 9.17) is 9.84 Å². The molecule has 2 unspecified atom stereocenters. The van der Waals surface area contributed by atoms with Crippen LogP contribution in [0.1, 0.15) is 12.8 Å². The fourth-order valence-corrected chi connectivity index (χ4v) is 2.04. The summed E-state index contributed by atoms with van der Waals surface area (Å²) in [5.74, 6) is -0.503. The second kappa shape index (κ2) is 6.05. The van der Waals surface area contributed by atoms with Gasteiger partial charge in [0.2, 0.25) is 0 Å². The van der Waals surface area contributed by atoms with Crippen LogP contribution in [-0.2, 0) is 9.53 Å². The fourth-order valence-electron chi connectivity index (χ4n) is 2.04. The third-order valence-corrected chi connectivity index (χ3v) is 2.66. The van der Waals surface area contributed by atoms with Crippen molar-refractivity contribution in [2.24, 2.45) is 5.92 Å². The maximum atomic E-state index is 10.5. The van der Waals surface area contributed by atoms with Crippen LogP contribution in [-0.4, -0.2) is 60.5 Å². The van der Waals surface area contributed by atoms with Crippen molar-refractivity contribution in [3.63, 3.8) is 0 Å². The maximum absolute atomic E-state index is 10.5. The number of aliphatic carboxylic acids is 1. The topological polar surface area (TPSA) is 70.0 Å². The van der Waals surface area contributed by atoms with Crippen molar-refractivity contribution in [3.8, 4) is 0 Å². The van der Waals surface area contributed by atoms with Crippen LogP contribution in [0.5, 0.6) is 0 Å². The molecule has 15 heavy (non-hydrogen) atoms. The average molecular weight is 217 g/mol. The van der Waals surface area contributed by atoms with Crippen molar-refractivity contribution in [1.29, 1.82) is 0 Å². The number of likely N-dealkylation sites (tertiary alicyclic amines) is 1. The molecule has 2 atom stereocenters. The minimum absolute atomic E-state index is 0.233. The number of hydrogen-bond donors (Lipinski definition) is 2. The summed E-state index contributed by atoms with van der Waals surface area (Å²) in [6.07, 6.45) is 0.668. The zero-order valence-corrected chi connectivity index (χ0v) is 9.06. The quantitative estimate of drug-likeness (QED) is 0.644. The number of aliphatic hydroxyl groups excluding tert-OH is 1. The molecular formula is C10H19NO4. The van der Waals surface area contributed by atoms with Crippen molar-refractivity contribution in [2.45, 2.75) is 18.9 Å². The normalized spacial score (nSPS) is 24.3. The average Bonchev–Trinajstić information content (AvgIpc) is 2.51. The molecule has 1 rings (SSSR count). The van der Waals surface area contributed by atoms with E-state index in [0.29, 0.717) is 13.2 Å². The van der Waals surface area contributed by atoms with Crippen molar-refractivity contribution < 1.29 is 19.7 Å². The molecule has 2 N–H and O–H groups in total. The molecule has 0 aliphatic carbocycles. The molecule has 1 heterocycles. The van der Waals surface area contributed by atoms with Crippen molar-refractivity contribution in [1.82, 2.24) is 4.90 Å². The van der Waals surface area contributed by atoms with E-state index in [1.165, 1.54) is 0 Å². The van der Waals surface area contributed by atoms with E-state index in [0.717, 1.165) is 19.5 Å². The Balaban J connectivity index is 2.21. The number of carboxylic acid groups (broad SMARTS) is 1. The molecule has 5 nitrogen and oxygen atoms in total.